The molecule has 4 heterocycles. The normalized spacial score (nSPS) is 14.3. The Morgan fingerprint density at radius 3 is 2.86 bits per heavy atom. The first kappa shape index (κ1) is 17.8. The lowest BCUT2D eigenvalue weighted by Gasteiger charge is -2.27. The molecule has 7 nitrogen and oxygen atoms in total. The Balaban J connectivity index is 1.35. The maximum Gasteiger partial charge on any atom is 0.274 e. The van der Waals surface area contributed by atoms with Crippen LogP contribution in [0.2, 0.25) is 0 Å². The summed E-state index contributed by atoms with van der Waals surface area (Å²) in [5.41, 5.74) is 2.91. The molecule has 29 heavy (non-hydrogen) atoms. The average molecular weight is 404 g/mol. The van der Waals surface area contributed by atoms with Gasteiger partial charge in [0.15, 0.2) is 4.96 Å². The number of amides is 1. The highest BCUT2D eigenvalue weighted by atomic mass is 32.1. The zero-order chi connectivity index (χ0) is 19.6. The minimum atomic E-state index is -0.242. The zero-order valence-electron chi connectivity index (χ0n) is 15.8. The third kappa shape index (κ3) is 3.71. The van der Waals surface area contributed by atoms with Gasteiger partial charge in [0, 0.05) is 48.2 Å². The summed E-state index contributed by atoms with van der Waals surface area (Å²) in [5.74, 6) is 0.574. The van der Waals surface area contributed by atoms with Crippen LogP contribution in [0.25, 0.3) is 16.2 Å². The summed E-state index contributed by atoms with van der Waals surface area (Å²) < 4.78 is 1.99. The van der Waals surface area contributed by atoms with E-state index >= 15 is 0 Å². The van der Waals surface area contributed by atoms with Gasteiger partial charge in [0.1, 0.15) is 17.8 Å². The van der Waals surface area contributed by atoms with Crippen molar-refractivity contribution in [1.29, 1.82) is 0 Å². The van der Waals surface area contributed by atoms with Crippen molar-refractivity contribution in [2.24, 2.45) is 0 Å². The van der Waals surface area contributed by atoms with Crippen molar-refractivity contribution in [2.45, 2.75) is 19.3 Å². The van der Waals surface area contributed by atoms with Crippen LogP contribution in [0.5, 0.6) is 0 Å². The van der Waals surface area contributed by atoms with Crippen LogP contribution in [0.15, 0.2) is 54.4 Å². The highest BCUT2D eigenvalue weighted by Gasteiger charge is 2.16. The Morgan fingerprint density at radius 2 is 2.00 bits per heavy atom. The number of benzene rings is 1. The lowest BCUT2D eigenvalue weighted by Crippen LogP contribution is -2.30. The van der Waals surface area contributed by atoms with E-state index in [2.05, 4.69) is 25.2 Å². The number of piperidine rings is 1. The van der Waals surface area contributed by atoms with E-state index in [1.807, 2.05) is 46.4 Å². The number of nitrogens with zero attached hydrogens (tertiary/aromatic N) is 5. The number of fused-ring (bicyclic) bond motifs is 1. The SMILES string of the molecule is O=C(Nc1cccc(-c2cn3ccsc3n2)c1)c1cc(N2CCCCC2)ncn1. The standard InChI is InChI=1S/C21H20N6OS/c28-20(17-12-19(23-14-22-17)26-7-2-1-3-8-26)24-16-6-4-5-15(11-16)18-13-27-9-10-29-21(27)25-18/h4-6,9-14H,1-3,7-8H2,(H,24,28). The molecule has 0 bridgehead atoms. The predicted molar refractivity (Wildman–Crippen MR) is 115 cm³/mol. The third-order valence-corrected chi connectivity index (χ3v) is 5.85. The number of imidazole rings is 1. The Bertz CT molecular complexity index is 1130. The van der Waals surface area contributed by atoms with Gasteiger partial charge in [0.2, 0.25) is 0 Å². The van der Waals surface area contributed by atoms with Gasteiger partial charge < -0.3 is 10.2 Å². The van der Waals surface area contributed by atoms with E-state index in [4.69, 9.17) is 0 Å². The molecule has 8 heteroatoms. The molecule has 4 aromatic rings. The number of carbonyl (C=O) groups is 1. The van der Waals surface area contributed by atoms with Crippen molar-refractivity contribution in [1.82, 2.24) is 19.4 Å². The quantitative estimate of drug-likeness (QED) is 0.554. The van der Waals surface area contributed by atoms with Crippen molar-refractivity contribution in [3.63, 3.8) is 0 Å². The smallest absolute Gasteiger partial charge is 0.274 e. The van der Waals surface area contributed by atoms with E-state index in [-0.39, 0.29) is 5.91 Å². The average Bonchev–Trinajstić information content (AvgIpc) is 3.37. The van der Waals surface area contributed by atoms with E-state index in [1.54, 1.807) is 17.4 Å². The summed E-state index contributed by atoms with van der Waals surface area (Å²) in [7, 11) is 0. The van der Waals surface area contributed by atoms with Crippen LogP contribution in [0, 0.1) is 0 Å². The van der Waals surface area contributed by atoms with Gasteiger partial charge in [-0.15, -0.1) is 11.3 Å². The maximum absolute atomic E-state index is 12.8. The van der Waals surface area contributed by atoms with Gasteiger partial charge in [-0.25, -0.2) is 15.0 Å². The largest absolute Gasteiger partial charge is 0.357 e. The Kier molecular flexibility index (Phi) is 4.69. The highest BCUT2D eigenvalue weighted by molar-refractivity contribution is 7.15. The number of rotatable bonds is 4. The second-order valence-corrected chi connectivity index (χ2v) is 7.94. The molecule has 0 spiro atoms. The molecule has 1 aromatic carbocycles. The van der Waals surface area contributed by atoms with Crippen LogP contribution < -0.4 is 10.2 Å². The summed E-state index contributed by atoms with van der Waals surface area (Å²) in [5, 5.41) is 4.95. The lowest BCUT2D eigenvalue weighted by atomic mass is 10.1. The van der Waals surface area contributed by atoms with Gasteiger partial charge >= 0.3 is 0 Å². The molecule has 5 rings (SSSR count). The molecule has 3 aromatic heterocycles. The first-order valence-electron chi connectivity index (χ1n) is 9.67. The topological polar surface area (TPSA) is 75.4 Å². The number of thiazole rings is 1. The van der Waals surface area contributed by atoms with Crippen molar-refractivity contribution >= 4 is 33.7 Å². The lowest BCUT2D eigenvalue weighted by molar-refractivity contribution is 0.102. The number of hydrogen-bond donors (Lipinski definition) is 1. The maximum atomic E-state index is 12.8. The predicted octanol–water partition coefficient (Wildman–Crippen LogP) is 4.10. The van der Waals surface area contributed by atoms with Crippen LogP contribution >= 0.6 is 11.3 Å². The molecule has 1 N–H and O–H groups in total. The Labute approximate surface area is 172 Å². The van der Waals surface area contributed by atoms with Crippen molar-refractivity contribution < 1.29 is 4.79 Å². The molecule has 1 aliphatic rings. The van der Waals surface area contributed by atoms with Gasteiger partial charge in [-0.2, -0.15) is 0 Å². The fourth-order valence-electron chi connectivity index (χ4n) is 3.59. The fraction of sp³-hybridized carbons (Fsp3) is 0.238. The summed E-state index contributed by atoms with van der Waals surface area (Å²) in [6.07, 6.45) is 9.00. The number of anilines is 2. The molecule has 0 atom stereocenters. The van der Waals surface area contributed by atoms with Crippen LogP contribution in [0.3, 0.4) is 0 Å². The van der Waals surface area contributed by atoms with Crippen molar-refractivity contribution in [3.8, 4) is 11.3 Å². The van der Waals surface area contributed by atoms with Crippen LogP contribution in [-0.2, 0) is 0 Å². The Morgan fingerprint density at radius 1 is 1.10 bits per heavy atom. The van der Waals surface area contributed by atoms with Crippen molar-refractivity contribution in [3.05, 3.63) is 60.1 Å². The van der Waals surface area contributed by atoms with Gasteiger partial charge in [-0.1, -0.05) is 12.1 Å². The van der Waals surface area contributed by atoms with Crippen LogP contribution in [0.1, 0.15) is 29.8 Å². The molecule has 1 aliphatic heterocycles. The van der Waals surface area contributed by atoms with E-state index in [9.17, 15) is 4.79 Å². The van der Waals surface area contributed by atoms with Crippen molar-refractivity contribution in [2.75, 3.05) is 23.3 Å². The monoisotopic (exact) mass is 404 g/mol. The fourth-order valence-corrected chi connectivity index (χ4v) is 4.29. The summed E-state index contributed by atoms with van der Waals surface area (Å²) >= 11 is 1.59. The second kappa shape index (κ2) is 7.63. The van der Waals surface area contributed by atoms with Crippen LogP contribution in [-0.4, -0.2) is 38.3 Å². The zero-order valence-corrected chi connectivity index (χ0v) is 16.6. The molecule has 1 saturated heterocycles. The van der Waals surface area contributed by atoms with E-state index in [0.717, 1.165) is 48.0 Å². The highest BCUT2D eigenvalue weighted by Crippen LogP contribution is 2.24. The number of carbonyl (C=O) groups excluding carboxylic acids is 1. The first-order chi connectivity index (χ1) is 14.3. The van der Waals surface area contributed by atoms with Crippen LogP contribution in [0.4, 0.5) is 11.5 Å². The number of nitrogens with one attached hydrogen (secondary N) is 1. The number of aromatic nitrogens is 4. The van der Waals surface area contributed by atoms with Gasteiger partial charge in [0.25, 0.3) is 5.91 Å². The molecular weight excluding hydrogens is 384 g/mol. The minimum absolute atomic E-state index is 0.242. The van der Waals surface area contributed by atoms with Gasteiger partial charge in [0.05, 0.1) is 5.69 Å². The van der Waals surface area contributed by atoms with E-state index < -0.39 is 0 Å². The molecule has 0 saturated carbocycles. The molecule has 0 unspecified atom stereocenters. The summed E-state index contributed by atoms with van der Waals surface area (Å²) in [6.45, 7) is 1.95. The van der Waals surface area contributed by atoms with E-state index in [1.165, 1.54) is 12.7 Å². The first-order valence-corrected chi connectivity index (χ1v) is 10.6. The molecule has 0 radical (unpaired) electrons. The summed E-state index contributed by atoms with van der Waals surface area (Å²) in [6, 6.07) is 9.47. The van der Waals surface area contributed by atoms with Gasteiger partial charge in [-0.3, -0.25) is 9.20 Å². The molecule has 146 valence electrons. The van der Waals surface area contributed by atoms with Gasteiger partial charge in [-0.05, 0) is 31.4 Å². The number of hydrogen-bond acceptors (Lipinski definition) is 6. The second-order valence-electron chi connectivity index (χ2n) is 7.06. The van der Waals surface area contributed by atoms with E-state index in [0.29, 0.717) is 11.4 Å². The molecule has 1 fully saturated rings. The molecular formula is C21H20N6OS. The molecule has 0 aliphatic carbocycles. The summed E-state index contributed by atoms with van der Waals surface area (Å²) in [4.78, 5) is 29.1. The molecule has 1 amide bonds. The Hall–Kier alpha value is -3.26. The minimum Gasteiger partial charge on any atom is -0.357 e. The third-order valence-electron chi connectivity index (χ3n) is 5.07.